The van der Waals surface area contributed by atoms with E-state index < -0.39 is 0 Å². The molecule has 0 aromatic heterocycles. The first-order chi connectivity index (χ1) is 5.79. The normalized spacial score (nSPS) is 17.3. The van der Waals surface area contributed by atoms with E-state index in [0.29, 0.717) is 11.6 Å². The lowest BCUT2D eigenvalue weighted by Crippen LogP contribution is -2.40. The summed E-state index contributed by atoms with van der Waals surface area (Å²) in [6, 6.07) is 5.85. The van der Waals surface area contributed by atoms with Crippen molar-refractivity contribution in [3.05, 3.63) is 23.8 Å². The van der Waals surface area contributed by atoms with Gasteiger partial charge in [0.2, 0.25) is 0 Å². The first kappa shape index (κ1) is 7.43. The van der Waals surface area contributed by atoms with E-state index in [4.69, 9.17) is 11.5 Å². The molecule has 64 valence electrons. The second-order valence-electron chi connectivity index (χ2n) is 3.21. The Morgan fingerprint density at radius 1 is 1.25 bits per heavy atom. The van der Waals surface area contributed by atoms with Gasteiger partial charge < -0.3 is 16.8 Å². The Bertz CT molecular complexity index is 292. The summed E-state index contributed by atoms with van der Waals surface area (Å²) in [6.07, 6.45) is 0. The van der Waals surface area contributed by atoms with Crippen LogP contribution in [0.2, 0.25) is 0 Å². The van der Waals surface area contributed by atoms with E-state index in [9.17, 15) is 0 Å². The van der Waals surface area contributed by atoms with E-state index in [2.05, 4.69) is 11.4 Å². The van der Waals surface area contributed by atoms with Gasteiger partial charge >= 0.3 is 0 Å². The molecule has 0 saturated carbocycles. The summed E-state index contributed by atoms with van der Waals surface area (Å²) >= 11 is 0. The first-order valence-corrected chi connectivity index (χ1v) is 4.13. The predicted molar refractivity (Wildman–Crippen MR) is 50.9 cm³/mol. The molecule has 0 aliphatic carbocycles. The second kappa shape index (κ2) is 2.68. The summed E-state index contributed by atoms with van der Waals surface area (Å²) in [6.45, 7) is 2.04. The zero-order chi connectivity index (χ0) is 8.55. The lowest BCUT2D eigenvalue weighted by molar-refractivity contribution is 0.449. The molecule has 3 heteroatoms. The van der Waals surface area contributed by atoms with Crippen molar-refractivity contribution in [3.63, 3.8) is 0 Å². The van der Waals surface area contributed by atoms with Gasteiger partial charge in [-0.05, 0) is 11.6 Å². The van der Waals surface area contributed by atoms with Crippen LogP contribution in [-0.4, -0.2) is 13.1 Å². The largest absolute Gasteiger partial charge is 0.397 e. The Balaban J connectivity index is 2.36. The monoisotopic (exact) mass is 163 g/mol. The van der Waals surface area contributed by atoms with Crippen LogP contribution in [0.15, 0.2) is 18.2 Å². The fraction of sp³-hybridized carbons (Fsp3) is 0.333. The SMILES string of the molecule is Nc1cccc(C2CNC2)c1N. The molecular weight excluding hydrogens is 150 g/mol. The van der Waals surface area contributed by atoms with Gasteiger partial charge in [0, 0.05) is 19.0 Å². The summed E-state index contributed by atoms with van der Waals surface area (Å²) in [7, 11) is 0. The van der Waals surface area contributed by atoms with Crippen molar-refractivity contribution < 1.29 is 0 Å². The van der Waals surface area contributed by atoms with Crippen LogP contribution in [0.1, 0.15) is 11.5 Å². The summed E-state index contributed by atoms with van der Waals surface area (Å²) in [4.78, 5) is 0. The van der Waals surface area contributed by atoms with Crippen molar-refractivity contribution in [1.82, 2.24) is 5.32 Å². The van der Waals surface area contributed by atoms with Crippen molar-refractivity contribution in [2.45, 2.75) is 5.92 Å². The summed E-state index contributed by atoms with van der Waals surface area (Å²) in [5.41, 5.74) is 14.2. The number of rotatable bonds is 1. The average Bonchev–Trinajstić information content (AvgIpc) is 1.95. The molecule has 0 bridgehead atoms. The maximum Gasteiger partial charge on any atom is 0.0584 e. The molecule has 1 aliphatic heterocycles. The van der Waals surface area contributed by atoms with Gasteiger partial charge in [0.05, 0.1) is 11.4 Å². The quantitative estimate of drug-likeness (QED) is 0.529. The lowest BCUT2D eigenvalue weighted by Gasteiger charge is -2.28. The highest BCUT2D eigenvalue weighted by Gasteiger charge is 2.21. The number of hydrogen-bond acceptors (Lipinski definition) is 3. The fourth-order valence-corrected chi connectivity index (χ4v) is 1.47. The van der Waals surface area contributed by atoms with Gasteiger partial charge in [-0.3, -0.25) is 0 Å². The molecule has 1 fully saturated rings. The zero-order valence-electron chi connectivity index (χ0n) is 6.88. The minimum Gasteiger partial charge on any atom is -0.397 e. The second-order valence-corrected chi connectivity index (χ2v) is 3.21. The number of nitrogens with one attached hydrogen (secondary N) is 1. The molecule has 0 spiro atoms. The van der Waals surface area contributed by atoms with Gasteiger partial charge in [-0.2, -0.15) is 0 Å². The van der Waals surface area contributed by atoms with E-state index in [1.165, 1.54) is 5.56 Å². The highest BCUT2D eigenvalue weighted by Crippen LogP contribution is 2.28. The fourth-order valence-electron chi connectivity index (χ4n) is 1.47. The number of benzene rings is 1. The molecule has 3 nitrogen and oxygen atoms in total. The topological polar surface area (TPSA) is 64.1 Å². The highest BCUT2D eigenvalue weighted by molar-refractivity contribution is 5.68. The lowest BCUT2D eigenvalue weighted by atomic mass is 9.92. The molecule has 1 aromatic carbocycles. The predicted octanol–water partition coefficient (Wildman–Crippen LogP) is 0.538. The smallest absolute Gasteiger partial charge is 0.0584 e. The number of para-hydroxylation sites is 1. The van der Waals surface area contributed by atoms with Crippen LogP contribution in [0, 0.1) is 0 Å². The van der Waals surface area contributed by atoms with Crippen LogP contribution in [0.5, 0.6) is 0 Å². The van der Waals surface area contributed by atoms with Crippen molar-refractivity contribution in [2.24, 2.45) is 0 Å². The van der Waals surface area contributed by atoms with E-state index >= 15 is 0 Å². The van der Waals surface area contributed by atoms with Crippen LogP contribution in [0.25, 0.3) is 0 Å². The summed E-state index contributed by atoms with van der Waals surface area (Å²) in [5, 5.41) is 3.21. The molecule has 1 saturated heterocycles. The van der Waals surface area contributed by atoms with Gasteiger partial charge in [0.25, 0.3) is 0 Å². The van der Waals surface area contributed by atoms with Gasteiger partial charge in [0.15, 0.2) is 0 Å². The highest BCUT2D eigenvalue weighted by atomic mass is 14.9. The number of nitrogens with two attached hydrogens (primary N) is 2. The van der Waals surface area contributed by atoms with E-state index in [-0.39, 0.29) is 0 Å². The molecular formula is C9H13N3. The van der Waals surface area contributed by atoms with Crippen LogP contribution >= 0.6 is 0 Å². The number of nitrogen functional groups attached to an aromatic ring is 2. The Hall–Kier alpha value is -1.22. The number of hydrogen-bond donors (Lipinski definition) is 3. The molecule has 12 heavy (non-hydrogen) atoms. The molecule has 5 N–H and O–H groups in total. The van der Waals surface area contributed by atoms with E-state index in [0.717, 1.165) is 18.8 Å². The van der Waals surface area contributed by atoms with Crippen LogP contribution < -0.4 is 16.8 Å². The molecule has 1 aliphatic rings. The molecule has 0 amide bonds. The molecule has 1 heterocycles. The van der Waals surface area contributed by atoms with Crippen LogP contribution in [-0.2, 0) is 0 Å². The minimum atomic E-state index is 0.563. The third-order valence-corrected chi connectivity index (χ3v) is 2.39. The van der Waals surface area contributed by atoms with Gasteiger partial charge in [-0.1, -0.05) is 12.1 Å². The molecule has 0 radical (unpaired) electrons. The summed E-state index contributed by atoms with van der Waals surface area (Å²) < 4.78 is 0. The summed E-state index contributed by atoms with van der Waals surface area (Å²) in [5.74, 6) is 0.563. The zero-order valence-corrected chi connectivity index (χ0v) is 6.88. The third-order valence-electron chi connectivity index (χ3n) is 2.39. The Kier molecular flexibility index (Phi) is 1.66. The first-order valence-electron chi connectivity index (χ1n) is 4.13. The number of anilines is 2. The molecule has 0 unspecified atom stereocenters. The van der Waals surface area contributed by atoms with Gasteiger partial charge in [-0.15, -0.1) is 0 Å². The maximum absolute atomic E-state index is 5.84. The molecule has 0 atom stereocenters. The van der Waals surface area contributed by atoms with Crippen molar-refractivity contribution in [1.29, 1.82) is 0 Å². The van der Waals surface area contributed by atoms with Crippen LogP contribution in [0.4, 0.5) is 11.4 Å². The Morgan fingerprint density at radius 2 is 2.00 bits per heavy atom. The maximum atomic E-state index is 5.84. The molecule has 2 rings (SSSR count). The Morgan fingerprint density at radius 3 is 2.58 bits per heavy atom. The van der Waals surface area contributed by atoms with Gasteiger partial charge in [-0.25, -0.2) is 0 Å². The van der Waals surface area contributed by atoms with Crippen molar-refractivity contribution in [2.75, 3.05) is 24.6 Å². The Labute approximate surface area is 71.8 Å². The standard InChI is InChI=1S/C9H13N3/c10-8-3-1-2-7(9(8)11)6-4-12-5-6/h1-3,6,12H,4-5,10-11H2. The van der Waals surface area contributed by atoms with Crippen molar-refractivity contribution in [3.8, 4) is 0 Å². The molecule has 1 aromatic rings. The van der Waals surface area contributed by atoms with E-state index in [1.807, 2.05) is 12.1 Å². The average molecular weight is 163 g/mol. The minimum absolute atomic E-state index is 0.563. The van der Waals surface area contributed by atoms with Gasteiger partial charge in [0.1, 0.15) is 0 Å². The van der Waals surface area contributed by atoms with E-state index in [1.54, 1.807) is 0 Å². The van der Waals surface area contributed by atoms with Crippen LogP contribution in [0.3, 0.4) is 0 Å². The third kappa shape index (κ3) is 1.02. The van der Waals surface area contributed by atoms with Crippen molar-refractivity contribution >= 4 is 11.4 Å².